The Hall–Kier alpha value is -0.970. The average molecular weight is 407 g/mol. The van der Waals surface area contributed by atoms with Crippen molar-refractivity contribution >= 4 is 44.6 Å². The molecule has 1 saturated heterocycles. The molecule has 1 aromatic rings. The van der Waals surface area contributed by atoms with Gasteiger partial charge in [0.25, 0.3) is 0 Å². The molecule has 1 aliphatic heterocycles. The van der Waals surface area contributed by atoms with Gasteiger partial charge >= 0.3 is 0 Å². The Bertz CT molecular complexity index is 707. The number of nitrogens with zero attached hydrogens (tertiary/aromatic N) is 2. The molecule has 7 nitrogen and oxygen atoms in total. The summed E-state index contributed by atoms with van der Waals surface area (Å²) >= 11 is 11.4. The highest BCUT2D eigenvalue weighted by Crippen LogP contribution is 2.28. The van der Waals surface area contributed by atoms with Crippen LogP contribution in [0.15, 0.2) is 23.1 Å². The van der Waals surface area contributed by atoms with Crippen molar-refractivity contribution in [3.05, 3.63) is 23.2 Å². The summed E-state index contributed by atoms with van der Waals surface area (Å²) in [6, 6.07) is 4.76. The number of sulfonamides is 1. The summed E-state index contributed by atoms with van der Waals surface area (Å²) < 4.78 is 32.2. The maximum atomic E-state index is 12.8. The van der Waals surface area contributed by atoms with Gasteiger partial charge in [0, 0.05) is 31.9 Å². The van der Waals surface area contributed by atoms with Crippen LogP contribution < -0.4 is 10.6 Å². The number of rotatable bonds is 6. The highest BCUT2D eigenvalue weighted by atomic mass is 35.5. The second-order valence-electron chi connectivity index (χ2n) is 5.85. The zero-order valence-electron chi connectivity index (χ0n) is 14.3. The van der Waals surface area contributed by atoms with E-state index in [-0.39, 0.29) is 9.92 Å². The molecule has 0 spiro atoms. The van der Waals surface area contributed by atoms with Gasteiger partial charge < -0.3 is 20.3 Å². The minimum Gasteiger partial charge on any atom is -0.379 e. The summed E-state index contributed by atoms with van der Waals surface area (Å²) in [5.41, 5.74) is 0.568. The van der Waals surface area contributed by atoms with Crippen LogP contribution in [0.3, 0.4) is 0 Å². The third-order valence-corrected chi connectivity index (χ3v) is 6.25. The minimum atomic E-state index is -3.67. The molecule has 1 aliphatic rings. The Balaban J connectivity index is 2.10. The summed E-state index contributed by atoms with van der Waals surface area (Å²) in [6.07, 6.45) is 0. The zero-order chi connectivity index (χ0) is 18.4. The molecule has 0 aliphatic carbocycles. The van der Waals surface area contributed by atoms with Gasteiger partial charge in [0.05, 0.1) is 18.2 Å². The van der Waals surface area contributed by atoms with Gasteiger partial charge in [0.15, 0.2) is 5.11 Å². The number of thiocarbonyl (C=S) groups is 1. The quantitative estimate of drug-likeness (QED) is 0.688. The van der Waals surface area contributed by atoms with Gasteiger partial charge in [-0.1, -0.05) is 11.6 Å². The van der Waals surface area contributed by atoms with E-state index in [9.17, 15) is 8.42 Å². The van der Waals surface area contributed by atoms with E-state index < -0.39 is 10.0 Å². The lowest BCUT2D eigenvalue weighted by molar-refractivity contribution is 0.0730. The van der Waals surface area contributed by atoms with Crippen molar-refractivity contribution < 1.29 is 13.2 Å². The van der Waals surface area contributed by atoms with Crippen LogP contribution in [0.4, 0.5) is 5.69 Å². The fourth-order valence-electron chi connectivity index (χ4n) is 2.27. The monoisotopic (exact) mass is 406 g/mol. The Morgan fingerprint density at radius 3 is 2.68 bits per heavy atom. The van der Waals surface area contributed by atoms with Crippen molar-refractivity contribution in [1.29, 1.82) is 0 Å². The van der Waals surface area contributed by atoms with Crippen LogP contribution in [0.5, 0.6) is 0 Å². The molecular weight excluding hydrogens is 384 g/mol. The van der Waals surface area contributed by atoms with Crippen molar-refractivity contribution in [3.63, 3.8) is 0 Å². The summed E-state index contributed by atoms with van der Waals surface area (Å²) in [5, 5.41) is 6.68. The first-order chi connectivity index (χ1) is 11.8. The number of hydrogen-bond donors (Lipinski definition) is 2. The molecular formula is C15H23ClN4O3S2. The van der Waals surface area contributed by atoms with Crippen LogP contribution in [0.1, 0.15) is 0 Å². The number of hydrogen-bond acceptors (Lipinski definition) is 5. The second kappa shape index (κ2) is 9.11. The highest BCUT2D eigenvalue weighted by molar-refractivity contribution is 7.89. The number of nitrogens with one attached hydrogen (secondary N) is 2. The predicted octanol–water partition coefficient (Wildman–Crippen LogP) is 1.21. The number of benzene rings is 1. The van der Waals surface area contributed by atoms with Crippen LogP contribution >= 0.6 is 23.8 Å². The van der Waals surface area contributed by atoms with E-state index in [1.807, 2.05) is 19.0 Å². The molecule has 10 heteroatoms. The zero-order valence-corrected chi connectivity index (χ0v) is 16.7. The van der Waals surface area contributed by atoms with Crippen molar-refractivity contribution in [2.45, 2.75) is 4.90 Å². The molecule has 0 amide bonds. The summed E-state index contributed by atoms with van der Waals surface area (Å²) in [6.45, 7) is 2.93. The maximum Gasteiger partial charge on any atom is 0.244 e. The first-order valence-corrected chi connectivity index (χ1v) is 10.1. The number of ether oxygens (including phenoxy) is 1. The number of likely N-dealkylation sites (N-methyl/N-ethyl adjacent to an activating group) is 1. The fraction of sp³-hybridized carbons (Fsp3) is 0.533. The average Bonchev–Trinajstić information content (AvgIpc) is 2.57. The van der Waals surface area contributed by atoms with E-state index in [2.05, 4.69) is 10.6 Å². The van der Waals surface area contributed by atoms with Gasteiger partial charge in [-0.05, 0) is 44.5 Å². The van der Waals surface area contributed by atoms with Crippen molar-refractivity contribution in [2.75, 3.05) is 58.8 Å². The van der Waals surface area contributed by atoms with Gasteiger partial charge in [-0.3, -0.25) is 0 Å². The normalized spacial score (nSPS) is 16.0. The van der Waals surface area contributed by atoms with Crippen LogP contribution in [0.25, 0.3) is 0 Å². The highest BCUT2D eigenvalue weighted by Gasteiger charge is 2.28. The lowest BCUT2D eigenvalue weighted by Gasteiger charge is -2.26. The van der Waals surface area contributed by atoms with Crippen LogP contribution in [-0.2, 0) is 14.8 Å². The molecule has 1 heterocycles. The number of anilines is 1. The lowest BCUT2D eigenvalue weighted by atomic mass is 10.3. The van der Waals surface area contributed by atoms with Gasteiger partial charge in [0.2, 0.25) is 10.0 Å². The fourth-order valence-corrected chi connectivity index (χ4v) is 4.40. The predicted molar refractivity (Wildman–Crippen MR) is 104 cm³/mol. The number of halogens is 1. The van der Waals surface area contributed by atoms with E-state index in [0.717, 1.165) is 6.54 Å². The maximum absolute atomic E-state index is 12.8. The molecule has 0 bridgehead atoms. The minimum absolute atomic E-state index is 0.0668. The molecule has 0 unspecified atom stereocenters. The smallest absolute Gasteiger partial charge is 0.244 e. The van der Waals surface area contributed by atoms with Crippen molar-refractivity contribution in [3.8, 4) is 0 Å². The van der Waals surface area contributed by atoms with Crippen molar-refractivity contribution in [1.82, 2.24) is 14.5 Å². The molecule has 140 valence electrons. The second-order valence-corrected chi connectivity index (χ2v) is 8.57. The summed E-state index contributed by atoms with van der Waals surface area (Å²) in [4.78, 5) is 2.10. The lowest BCUT2D eigenvalue weighted by Crippen LogP contribution is -2.40. The van der Waals surface area contributed by atoms with Gasteiger partial charge in [-0.25, -0.2) is 8.42 Å². The first kappa shape index (κ1) is 20.3. The van der Waals surface area contributed by atoms with E-state index in [1.54, 1.807) is 12.1 Å². The van der Waals surface area contributed by atoms with Crippen LogP contribution in [-0.4, -0.2) is 76.2 Å². The van der Waals surface area contributed by atoms with E-state index in [4.69, 9.17) is 28.6 Å². The molecule has 0 atom stereocenters. The molecule has 1 aromatic carbocycles. The Morgan fingerprint density at radius 1 is 1.36 bits per heavy atom. The Morgan fingerprint density at radius 2 is 2.04 bits per heavy atom. The third kappa shape index (κ3) is 5.77. The largest absolute Gasteiger partial charge is 0.379 e. The summed E-state index contributed by atoms with van der Waals surface area (Å²) in [7, 11) is 0.277. The standard InChI is InChI=1S/C15H23ClN4O3S2/c1-19(2)6-5-17-15(24)18-12-3-4-13(16)14(11-12)25(21,22)20-7-9-23-10-8-20/h3-4,11H,5-10H2,1-2H3,(H2,17,18,24). The SMILES string of the molecule is CN(C)CCNC(=S)Nc1ccc(Cl)c(S(=O)(=O)N2CCOCC2)c1. The topological polar surface area (TPSA) is 73.9 Å². The molecule has 0 radical (unpaired) electrons. The summed E-state index contributed by atoms with van der Waals surface area (Å²) in [5.74, 6) is 0. The van der Waals surface area contributed by atoms with E-state index in [1.165, 1.54) is 10.4 Å². The number of morpholine rings is 1. The van der Waals surface area contributed by atoms with E-state index in [0.29, 0.717) is 43.6 Å². The Labute approximate surface area is 159 Å². The van der Waals surface area contributed by atoms with Crippen LogP contribution in [0.2, 0.25) is 5.02 Å². The first-order valence-electron chi connectivity index (χ1n) is 7.88. The van der Waals surface area contributed by atoms with Gasteiger partial charge in [-0.2, -0.15) is 4.31 Å². The van der Waals surface area contributed by atoms with Crippen molar-refractivity contribution in [2.24, 2.45) is 0 Å². The van der Waals surface area contributed by atoms with E-state index >= 15 is 0 Å². The third-order valence-electron chi connectivity index (χ3n) is 3.62. The Kier molecular flexibility index (Phi) is 7.41. The molecule has 0 aromatic heterocycles. The molecule has 1 fully saturated rings. The molecule has 25 heavy (non-hydrogen) atoms. The van der Waals surface area contributed by atoms with Gasteiger partial charge in [0.1, 0.15) is 4.90 Å². The molecule has 2 rings (SSSR count). The van der Waals surface area contributed by atoms with Gasteiger partial charge in [-0.15, -0.1) is 0 Å². The molecule has 2 N–H and O–H groups in total. The van der Waals surface area contributed by atoms with Crippen LogP contribution in [0, 0.1) is 0 Å². The molecule has 0 saturated carbocycles.